The number of rotatable bonds is 7. The van der Waals surface area contributed by atoms with Gasteiger partial charge in [-0.2, -0.15) is 0 Å². The highest BCUT2D eigenvalue weighted by atomic mass is 79.9. The molecule has 27 heavy (non-hydrogen) atoms. The summed E-state index contributed by atoms with van der Waals surface area (Å²) in [7, 11) is 1.63. The number of hydrogen-bond donors (Lipinski definition) is 1. The minimum atomic E-state index is 0.443. The van der Waals surface area contributed by atoms with Gasteiger partial charge in [-0.1, -0.05) is 69.5 Å². The van der Waals surface area contributed by atoms with Gasteiger partial charge in [-0.3, -0.25) is 0 Å². The molecule has 0 radical (unpaired) electrons. The summed E-state index contributed by atoms with van der Waals surface area (Å²) in [5, 5.41) is 4.54. The number of anilines is 1. The summed E-state index contributed by atoms with van der Waals surface area (Å²) in [5.74, 6) is 1.35. The van der Waals surface area contributed by atoms with Gasteiger partial charge < -0.3 is 14.8 Å². The Balaban J connectivity index is 1.85. The van der Waals surface area contributed by atoms with Crippen LogP contribution in [0.1, 0.15) is 11.1 Å². The summed E-state index contributed by atoms with van der Waals surface area (Å²) in [5.41, 5.74) is 2.77. The van der Waals surface area contributed by atoms with Crippen LogP contribution in [0, 0.1) is 0 Å². The van der Waals surface area contributed by atoms with Crippen molar-refractivity contribution in [2.75, 3.05) is 12.4 Å². The zero-order chi connectivity index (χ0) is 19.2. The van der Waals surface area contributed by atoms with E-state index < -0.39 is 0 Å². The molecule has 0 saturated heterocycles. The molecule has 3 aromatic rings. The van der Waals surface area contributed by atoms with E-state index in [0.29, 0.717) is 34.7 Å². The average molecular weight is 467 g/mol. The molecule has 0 fully saturated rings. The highest BCUT2D eigenvalue weighted by Gasteiger charge is 2.15. The monoisotopic (exact) mass is 465 g/mol. The molecule has 3 nitrogen and oxygen atoms in total. The third kappa shape index (κ3) is 5.10. The largest absolute Gasteiger partial charge is 0.493 e. The fraction of sp³-hybridized carbons (Fsp3) is 0.143. The quantitative estimate of drug-likeness (QED) is 0.408. The molecule has 0 heterocycles. The zero-order valence-corrected chi connectivity index (χ0v) is 17.7. The molecule has 6 heteroatoms. The van der Waals surface area contributed by atoms with Crippen LogP contribution in [-0.2, 0) is 13.2 Å². The molecule has 0 bridgehead atoms. The van der Waals surface area contributed by atoms with Gasteiger partial charge in [0.1, 0.15) is 6.61 Å². The molecule has 3 aromatic carbocycles. The normalized spacial score (nSPS) is 10.5. The van der Waals surface area contributed by atoms with Crippen LogP contribution in [0.5, 0.6) is 11.5 Å². The SMILES string of the molecule is COc1ccc(Br)c(CNc2cc(Cl)ccc2Cl)c1OCc1ccccc1. The van der Waals surface area contributed by atoms with Gasteiger partial charge in [0.15, 0.2) is 11.5 Å². The molecule has 0 aliphatic rings. The van der Waals surface area contributed by atoms with Crippen molar-refractivity contribution in [2.45, 2.75) is 13.2 Å². The van der Waals surface area contributed by atoms with Gasteiger partial charge in [0, 0.05) is 21.6 Å². The van der Waals surface area contributed by atoms with Gasteiger partial charge in [-0.15, -0.1) is 0 Å². The molecular formula is C21H18BrCl2NO2. The van der Waals surface area contributed by atoms with E-state index in [9.17, 15) is 0 Å². The van der Waals surface area contributed by atoms with Gasteiger partial charge in [-0.25, -0.2) is 0 Å². The fourth-order valence-electron chi connectivity index (χ4n) is 2.61. The minimum Gasteiger partial charge on any atom is -0.493 e. The highest BCUT2D eigenvalue weighted by Crippen LogP contribution is 2.38. The third-order valence-electron chi connectivity index (χ3n) is 4.00. The lowest BCUT2D eigenvalue weighted by Gasteiger charge is -2.18. The Morgan fingerprint density at radius 3 is 2.52 bits per heavy atom. The van der Waals surface area contributed by atoms with Crippen LogP contribution in [0.4, 0.5) is 5.69 Å². The van der Waals surface area contributed by atoms with E-state index in [4.69, 9.17) is 32.7 Å². The summed E-state index contributed by atoms with van der Waals surface area (Å²) in [6.07, 6.45) is 0. The Hall–Kier alpha value is -1.88. The predicted octanol–water partition coefficient (Wildman–Crippen LogP) is 6.96. The molecule has 0 saturated carbocycles. The topological polar surface area (TPSA) is 30.5 Å². The van der Waals surface area contributed by atoms with E-state index in [1.165, 1.54) is 0 Å². The summed E-state index contributed by atoms with van der Waals surface area (Å²) in [4.78, 5) is 0. The van der Waals surface area contributed by atoms with Crippen molar-refractivity contribution in [3.63, 3.8) is 0 Å². The number of methoxy groups -OCH3 is 1. The lowest BCUT2D eigenvalue weighted by Crippen LogP contribution is -2.06. The van der Waals surface area contributed by atoms with E-state index in [1.54, 1.807) is 25.3 Å². The van der Waals surface area contributed by atoms with Gasteiger partial charge in [0.05, 0.1) is 17.8 Å². The summed E-state index contributed by atoms with van der Waals surface area (Å²) in [6, 6.07) is 19.1. The van der Waals surface area contributed by atoms with Crippen LogP contribution in [0.2, 0.25) is 10.0 Å². The molecule has 0 unspecified atom stereocenters. The number of halogens is 3. The molecule has 140 valence electrons. The van der Waals surface area contributed by atoms with E-state index in [0.717, 1.165) is 21.3 Å². The van der Waals surface area contributed by atoms with Gasteiger partial charge in [0.2, 0.25) is 0 Å². The molecule has 3 rings (SSSR count). The number of benzene rings is 3. The molecule has 0 aliphatic heterocycles. The number of nitrogens with one attached hydrogen (secondary N) is 1. The highest BCUT2D eigenvalue weighted by molar-refractivity contribution is 9.10. The smallest absolute Gasteiger partial charge is 0.167 e. The molecule has 0 atom stereocenters. The molecule has 0 aromatic heterocycles. The minimum absolute atomic E-state index is 0.443. The molecule has 0 amide bonds. The van der Waals surface area contributed by atoms with E-state index in [2.05, 4.69) is 21.2 Å². The molecule has 1 N–H and O–H groups in total. The number of hydrogen-bond acceptors (Lipinski definition) is 3. The van der Waals surface area contributed by atoms with E-state index in [1.807, 2.05) is 42.5 Å². The second-order valence-electron chi connectivity index (χ2n) is 5.81. The second kappa shape index (κ2) is 9.36. The van der Waals surface area contributed by atoms with Crippen molar-refractivity contribution in [3.8, 4) is 11.5 Å². The van der Waals surface area contributed by atoms with Crippen molar-refractivity contribution < 1.29 is 9.47 Å². The van der Waals surface area contributed by atoms with Crippen LogP contribution in [0.15, 0.2) is 65.1 Å². The Morgan fingerprint density at radius 1 is 1.00 bits per heavy atom. The van der Waals surface area contributed by atoms with Crippen LogP contribution >= 0.6 is 39.1 Å². The van der Waals surface area contributed by atoms with Crippen molar-refractivity contribution in [2.24, 2.45) is 0 Å². The van der Waals surface area contributed by atoms with Crippen molar-refractivity contribution in [1.29, 1.82) is 0 Å². The Labute approximate surface area is 177 Å². The van der Waals surface area contributed by atoms with Crippen molar-refractivity contribution in [3.05, 3.63) is 86.3 Å². The fourth-order valence-corrected chi connectivity index (χ4v) is 3.42. The first-order chi connectivity index (χ1) is 13.1. The lowest BCUT2D eigenvalue weighted by molar-refractivity contribution is 0.281. The average Bonchev–Trinajstić information content (AvgIpc) is 2.68. The molecule has 0 aliphatic carbocycles. The molecule has 0 spiro atoms. The predicted molar refractivity (Wildman–Crippen MR) is 115 cm³/mol. The maximum Gasteiger partial charge on any atom is 0.167 e. The third-order valence-corrected chi connectivity index (χ3v) is 5.30. The van der Waals surface area contributed by atoms with Crippen molar-refractivity contribution in [1.82, 2.24) is 0 Å². The Kier molecular flexibility index (Phi) is 6.89. The van der Waals surface area contributed by atoms with Crippen LogP contribution in [-0.4, -0.2) is 7.11 Å². The van der Waals surface area contributed by atoms with Crippen LogP contribution < -0.4 is 14.8 Å². The van der Waals surface area contributed by atoms with Gasteiger partial charge in [0.25, 0.3) is 0 Å². The van der Waals surface area contributed by atoms with E-state index in [-0.39, 0.29) is 0 Å². The first-order valence-corrected chi connectivity index (χ1v) is 9.84. The lowest BCUT2D eigenvalue weighted by atomic mass is 10.1. The summed E-state index contributed by atoms with van der Waals surface area (Å²) < 4.78 is 12.5. The van der Waals surface area contributed by atoms with Gasteiger partial charge >= 0.3 is 0 Å². The van der Waals surface area contributed by atoms with Crippen LogP contribution in [0.25, 0.3) is 0 Å². The standard InChI is InChI=1S/C21H18BrCl2NO2/c1-26-20-10-8-17(22)16(12-25-19-11-15(23)7-9-18(19)24)21(20)27-13-14-5-3-2-4-6-14/h2-11,25H,12-13H2,1H3. The Bertz CT molecular complexity index is 920. The van der Waals surface area contributed by atoms with Gasteiger partial charge in [-0.05, 0) is 35.9 Å². The van der Waals surface area contributed by atoms with Crippen molar-refractivity contribution >= 4 is 44.8 Å². The van der Waals surface area contributed by atoms with Crippen LogP contribution in [0.3, 0.4) is 0 Å². The zero-order valence-electron chi connectivity index (χ0n) is 14.6. The second-order valence-corrected chi connectivity index (χ2v) is 7.51. The molecular weight excluding hydrogens is 449 g/mol. The summed E-state index contributed by atoms with van der Waals surface area (Å²) >= 11 is 15.9. The Morgan fingerprint density at radius 2 is 1.78 bits per heavy atom. The van der Waals surface area contributed by atoms with E-state index >= 15 is 0 Å². The first kappa shape index (κ1) is 19.9. The maximum absolute atomic E-state index is 6.25. The maximum atomic E-state index is 6.25. The summed E-state index contributed by atoms with van der Waals surface area (Å²) in [6.45, 7) is 0.931. The number of ether oxygens (including phenoxy) is 2. The first-order valence-electron chi connectivity index (χ1n) is 8.29.